The van der Waals surface area contributed by atoms with Gasteiger partial charge >= 0.3 is 6.18 Å². The number of carbonyl (C=O) groups excluding carboxylic acids is 1. The highest BCUT2D eigenvalue weighted by Crippen LogP contribution is 2.38. The second kappa shape index (κ2) is 10.1. The number of hydrogen-bond acceptors (Lipinski definition) is 8. The van der Waals surface area contributed by atoms with Crippen molar-refractivity contribution in [3.05, 3.63) is 30.0 Å². The molecule has 0 spiro atoms. The Hall–Kier alpha value is -2.99. The minimum atomic E-state index is -4.39. The maximum absolute atomic E-state index is 12.7. The molecule has 4 N–H and O–H groups in total. The van der Waals surface area contributed by atoms with Crippen molar-refractivity contribution in [1.29, 1.82) is 0 Å². The van der Waals surface area contributed by atoms with Gasteiger partial charge in [0, 0.05) is 12.6 Å². The summed E-state index contributed by atoms with van der Waals surface area (Å²) in [4.78, 5) is 24.7. The lowest BCUT2D eigenvalue weighted by Crippen LogP contribution is -2.31. The topological polar surface area (TPSA) is 112 Å². The van der Waals surface area contributed by atoms with E-state index >= 15 is 0 Å². The lowest BCUT2D eigenvalue weighted by atomic mass is 10.1. The van der Waals surface area contributed by atoms with E-state index < -0.39 is 25.2 Å². The number of rotatable bonds is 8. The van der Waals surface area contributed by atoms with Crippen LogP contribution in [0, 0.1) is 12.8 Å². The normalized spacial score (nSPS) is 18.3. The number of aliphatic hydroxyl groups excluding tert-OH is 1. The van der Waals surface area contributed by atoms with Gasteiger partial charge in [-0.3, -0.25) is 4.79 Å². The van der Waals surface area contributed by atoms with Crippen molar-refractivity contribution in [2.75, 3.05) is 30.3 Å². The predicted molar refractivity (Wildman–Crippen MR) is 125 cm³/mol. The largest absolute Gasteiger partial charge is 0.405 e. The molecule has 34 heavy (non-hydrogen) atoms. The SMILES string of the molecule is Cc1nc(NCC(F)(F)F)nc(NC2CCC(CNC(=O)CO)C2)c1-c1nc2ccccc2s1. The van der Waals surface area contributed by atoms with Gasteiger partial charge in [-0.25, -0.2) is 9.97 Å². The molecule has 1 fully saturated rings. The minimum absolute atomic E-state index is 0.0222. The Kier molecular flexibility index (Phi) is 7.17. The summed E-state index contributed by atoms with van der Waals surface area (Å²) in [6.45, 7) is 0.411. The summed E-state index contributed by atoms with van der Waals surface area (Å²) in [6, 6.07) is 7.70. The van der Waals surface area contributed by atoms with Gasteiger partial charge in [-0.15, -0.1) is 11.3 Å². The molecule has 0 aliphatic heterocycles. The third kappa shape index (κ3) is 5.92. The molecule has 0 saturated heterocycles. The van der Waals surface area contributed by atoms with Crippen LogP contribution in [0.5, 0.6) is 0 Å². The van der Waals surface area contributed by atoms with E-state index in [4.69, 9.17) is 10.1 Å². The molecular formula is C22H25F3N6O2S. The molecule has 182 valence electrons. The first-order valence-corrected chi connectivity index (χ1v) is 11.7. The van der Waals surface area contributed by atoms with Crippen LogP contribution < -0.4 is 16.0 Å². The molecule has 2 heterocycles. The molecule has 4 rings (SSSR count). The van der Waals surface area contributed by atoms with E-state index in [9.17, 15) is 18.0 Å². The van der Waals surface area contributed by atoms with Crippen molar-refractivity contribution >= 4 is 39.2 Å². The highest BCUT2D eigenvalue weighted by Gasteiger charge is 2.29. The molecular weight excluding hydrogens is 469 g/mol. The smallest absolute Gasteiger partial charge is 0.387 e. The number of carbonyl (C=O) groups is 1. The first-order chi connectivity index (χ1) is 16.2. The zero-order chi connectivity index (χ0) is 24.3. The summed E-state index contributed by atoms with van der Waals surface area (Å²) in [5.41, 5.74) is 2.01. The van der Waals surface area contributed by atoms with Gasteiger partial charge in [0.25, 0.3) is 0 Å². The molecule has 2 atom stereocenters. The lowest BCUT2D eigenvalue weighted by Gasteiger charge is -2.19. The molecule has 1 saturated carbocycles. The molecule has 2 unspecified atom stereocenters. The lowest BCUT2D eigenvalue weighted by molar-refractivity contribution is -0.124. The number of hydrogen-bond donors (Lipinski definition) is 4. The number of benzene rings is 1. The van der Waals surface area contributed by atoms with E-state index in [1.165, 1.54) is 11.3 Å². The zero-order valence-electron chi connectivity index (χ0n) is 18.4. The average Bonchev–Trinajstić information content (AvgIpc) is 3.41. The number of aromatic nitrogens is 3. The van der Waals surface area contributed by atoms with E-state index in [2.05, 4.69) is 25.9 Å². The number of alkyl halides is 3. The van der Waals surface area contributed by atoms with Gasteiger partial charge in [0.05, 0.1) is 21.5 Å². The van der Waals surface area contributed by atoms with Crippen LogP contribution in [0.25, 0.3) is 20.8 Å². The van der Waals surface area contributed by atoms with E-state index in [0.29, 0.717) is 28.6 Å². The van der Waals surface area contributed by atoms with E-state index in [1.54, 1.807) is 6.92 Å². The number of nitrogens with zero attached hydrogens (tertiary/aromatic N) is 3. The van der Waals surface area contributed by atoms with Crippen LogP contribution >= 0.6 is 11.3 Å². The first-order valence-electron chi connectivity index (χ1n) is 10.9. The quantitative estimate of drug-likeness (QED) is 0.378. The molecule has 1 amide bonds. The van der Waals surface area contributed by atoms with Gasteiger partial charge < -0.3 is 21.1 Å². The summed E-state index contributed by atoms with van der Waals surface area (Å²) in [6.07, 6.45) is -1.97. The third-order valence-corrected chi connectivity index (χ3v) is 6.71. The predicted octanol–water partition coefficient (Wildman–Crippen LogP) is 3.73. The van der Waals surface area contributed by atoms with Crippen molar-refractivity contribution in [3.63, 3.8) is 0 Å². The Labute approximate surface area is 198 Å². The summed E-state index contributed by atoms with van der Waals surface area (Å²) < 4.78 is 39.2. The van der Waals surface area contributed by atoms with Crippen LogP contribution in [0.3, 0.4) is 0 Å². The number of anilines is 2. The fourth-order valence-corrected chi connectivity index (χ4v) is 5.13. The molecule has 3 aromatic rings. The highest BCUT2D eigenvalue weighted by atomic mass is 32.1. The van der Waals surface area contributed by atoms with Gasteiger partial charge in [0.2, 0.25) is 11.9 Å². The molecule has 8 nitrogen and oxygen atoms in total. The van der Waals surface area contributed by atoms with Crippen molar-refractivity contribution in [1.82, 2.24) is 20.3 Å². The van der Waals surface area contributed by atoms with Crippen LogP contribution in [-0.4, -0.2) is 57.9 Å². The van der Waals surface area contributed by atoms with Crippen molar-refractivity contribution in [2.45, 2.75) is 38.4 Å². The number of nitrogens with one attached hydrogen (secondary N) is 3. The Morgan fingerprint density at radius 3 is 2.74 bits per heavy atom. The average molecular weight is 495 g/mol. The summed E-state index contributed by atoms with van der Waals surface area (Å²) >= 11 is 1.47. The second-order valence-corrected chi connectivity index (χ2v) is 9.32. The van der Waals surface area contributed by atoms with Gasteiger partial charge in [0.1, 0.15) is 24.0 Å². The maximum atomic E-state index is 12.7. The van der Waals surface area contributed by atoms with Crippen LogP contribution in [0.1, 0.15) is 25.0 Å². The van der Waals surface area contributed by atoms with Crippen molar-refractivity contribution in [3.8, 4) is 10.6 Å². The number of fused-ring (bicyclic) bond motifs is 1. The molecule has 1 aromatic carbocycles. The Morgan fingerprint density at radius 1 is 1.21 bits per heavy atom. The molecule has 12 heteroatoms. The fraction of sp³-hybridized carbons (Fsp3) is 0.455. The number of aliphatic hydroxyl groups is 1. The number of amides is 1. The maximum Gasteiger partial charge on any atom is 0.405 e. The van der Waals surface area contributed by atoms with Crippen molar-refractivity contribution in [2.24, 2.45) is 5.92 Å². The van der Waals surface area contributed by atoms with Crippen LogP contribution in [-0.2, 0) is 4.79 Å². The Bertz CT molecular complexity index is 1140. The first kappa shape index (κ1) is 24.1. The molecule has 1 aliphatic rings. The van der Waals surface area contributed by atoms with Gasteiger partial charge in [-0.05, 0) is 44.2 Å². The van der Waals surface area contributed by atoms with Crippen molar-refractivity contribution < 1.29 is 23.1 Å². The van der Waals surface area contributed by atoms with Gasteiger partial charge in [-0.2, -0.15) is 18.2 Å². The number of halogens is 3. The van der Waals surface area contributed by atoms with E-state index in [-0.39, 0.29) is 17.9 Å². The monoisotopic (exact) mass is 494 g/mol. The van der Waals surface area contributed by atoms with Gasteiger partial charge in [0.15, 0.2) is 0 Å². The zero-order valence-corrected chi connectivity index (χ0v) is 19.3. The number of thiazole rings is 1. The fourth-order valence-electron chi connectivity index (χ4n) is 4.07. The van der Waals surface area contributed by atoms with Crippen LogP contribution in [0.4, 0.5) is 24.9 Å². The Morgan fingerprint density at radius 2 is 2.00 bits per heavy atom. The molecule has 0 radical (unpaired) electrons. The van der Waals surface area contributed by atoms with Crippen LogP contribution in [0.15, 0.2) is 24.3 Å². The molecule has 0 bridgehead atoms. The van der Waals surface area contributed by atoms with Crippen LogP contribution in [0.2, 0.25) is 0 Å². The van der Waals surface area contributed by atoms with Gasteiger partial charge in [-0.1, -0.05) is 12.1 Å². The second-order valence-electron chi connectivity index (χ2n) is 8.29. The number of para-hydroxylation sites is 1. The molecule has 1 aliphatic carbocycles. The summed E-state index contributed by atoms with van der Waals surface area (Å²) in [5.74, 6) is 0.138. The third-order valence-electron chi connectivity index (χ3n) is 5.66. The standard InChI is InChI=1S/C22H25F3N6O2S/c1-12-18(20-30-15-4-2-3-5-16(15)34-20)19(31-21(28-12)27-11-22(23,24)25)29-14-7-6-13(8-14)9-26-17(33)10-32/h2-5,13-14,32H,6-11H2,1H3,(H,26,33)(H2,27,28,29,31). The van der Waals surface area contributed by atoms with E-state index in [1.807, 2.05) is 24.3 Å². The summed E-state index contributed by atoms with van der Waals surface area (Å²) in [5, 5.41) is 17.9. The van der Waals surface area contributed by atoms with E-state index in [0.717, 1.165) is 29.5 Å². The molecule has 2 aromatic heterocycles. The Balaban J connectivity index is 1.60. The number of aryl methyl sites for hydroxylation is 1. The highest BCUT2D eigenvalue weighted by molar-refractivity contribution is 7.21. The summed E-state index contributed by atoms with van der Waals surface area (Å²) in [7, 11) is 0. The minimum Gasteiger partial charge on any atom is -0.387 e.